The molecule has 1 aromatic heterocycles. The smallest absolute Gasteiger partial charge is 0.366 e. The Kier molecular flexibility index (Phi) is 5.25. The van der Waals surface area contributed by atoms with E-state index >= 15 is 0 Å². The second-order valence-electron chi connectivity index (χ2n) is 5.55. The van der Waals surface area contributed by atoms with Gasteiger partial charge in [-0.2, -0.15) is 30.7 Å². The summed E-state index contributed by atoms with van der Waals surface area (Å²) < 4.78 is 105. The fraction of sp³-hybridized carbons (Fsp3) is 0.200. The fourth-order valence-corrected chi connectivity index (χ4v) is 2.22. The molecule has 0 aliphatic carbocycles. The largest absolute Gasteiger partial charge is 0.460 e. The molecule has 0 saturated heterocycles. The predicted molar refractivity (Wildman–Crippen MR) is 79.7 cm³/mol. The molecule has 1 heterocycles. The molecule has 0 bridgehead atoms. The summed E-state index contributed by atoms with van der Waals surface area (Å²) in [5.41, 5.74) is 0.178. The third-order valence-corrected chi connectivity index (χ3v) is 3.69. The number of nitro groups is 1. The Morgan fingerprint density at radius 2 is 1.66 bits per heavy atom. The standard InChI is InChI=1S/C15H7F8N3O3/c16-10-3-6(13(17,18)14(19,20)15(21,22)23)5-25-11(10)8-2-1-7(26(28)29)4-9(8)12(24)27/h1-5H,(H2,24,27). The number of primary amides is 1. The van der Waals surface area contributed by atoms with Gasteiger partial charge in [0.25, 0.3) is 5.69 Å². The molecule has 0 radical (unpaired) electrons. The molecular weight excluding hydrogens is 422 g/mol. The van der Waals surface area contributed by atoms with Crippen LogP contribution < -0.4 is 5.73 Å². The first kappa shape index (κ1) is 22.0. The van der Waals surface area contributed by atoms with Crippen LogP contribution in [0.4, 0.5) is 40.8 Å². The average Bonchev–Trinajstić information content (AvgIpc) is 2.59. The lowest BCUT2D eigenvalue weighted by Gasteiger charge is -2.28. The van der Waals surface area contributed by atoms with E-state index in [2.05, 4.69) is 4.98 Å². The molecule has 0 saturated carbocycles. The SMILES string of the molecule is NC(=O)c1cc([N+](=O)[O-])ccc1-c1ncc(C(F)(F)C(F)(F)C(F)(F)F)cc1F. The van der Waals surface area contributed by atoms with Crippen LogP contribution in [0.2, 0.25) is 0 Å². The van der Waals surface area contributed by atoms with Crippen LogP contribution in [-0.2, 0) is 5.92 Å². The van der Waals surface area contributed by atoms with E-state index in [9.17, 15) is 50.0 Å². The topological polar surface area (TPSA) is 99.1 Å². The lowest BCUT2D eigenvalue weighted by atomic mass is 9.99. The number of aromatic nitrogens is 1. The molecule has 2 aromatic rings. The van der Waals surface area contributed by atoms with Gasteiger partial charge >= 0.3 is 18.0 Å². The number of nitrogens with zero attached hydrogens (tertiary/aromatic N) is 2. The lowest BCUT2D eigenvalue weighted by molar-refractivity contribution is -0.384. The van der Waals surface area contributed by atoms with E-state index in [0.29, 0.717) is 6.07 Å². The zero-order valence-corrected chi connectivity index (χ0v) is 13.6. The van der Waals surface area contributed by atoms with Crippen molar-refractivity contribution in [2.75, 3.05) is 0 Å². The number of hydrogen-bond donors (Lipinski definition) is 1. The van der Waals surface area contributed by atoms with Crippen molar-refractivity contribution in [2.24, 2.45) is 5.73 Å². The van der Waals surface area contributed by atoms with Gasteiger partial charge in [-0.25, -0.2) is 4.39 Å². The number of halogens is 8. The van der Waals surface area contributed by atoms with E-state index in [1.165, 1.54) is 0 Å². The molecule has 0 unspecified atom stereocenters. The summed E-state index contributed by atoms with van der Waals surface area (Å²) in [6.45, 7) is 0. The van der Waals surface area contributed by atoms with Crippen molar-refractivity contribution >= 4 is 11.6 Å². The van der Waals surface area contributed by atoms with Crippen molar-refractivity contribution in [1.29, 1.82) is 0 Å². The summed E-state index contributed by atoms with van der Waals surface area (Å²) in [5.74, 6) is -15.5. The highest BCUT2D eigenvalue weighted by molar-refractivity contribution is 6.00. The van der Waals surface area contributed by atoms with Crippen LogP contribution in [-0.4, -0.2) is 27.9 Å². The molecule has 0 aliphatic heterocycles. The summed E-state index contributed by atoms with van der Waals surface area (Å²) >= 11 is 0. The Hall–Kier alpha value is -3.32. The highest BCUT2D eigenvalue weighted by Crippen LogP contribution is 2.51. The first-order valence-electron chi connectivity index (χ1n) is 7.18. The van der Waals surface area contributed by atoms with Crippen LogP contribution in [0.15, 0.2) is 30.5 Å². The van der Waals surface area contributed by atoms with Crippen molar-refractivity contribution in [3.05, 3.63) is 57.5 Å². The second kappa shape index (κ2) is 6.93. The molecule has 2 rings (SSSR count). The number of non-ortho nitro benzene ring substituents is 1. The van der Waals surface area contributed by atoms with Gasteiger partial charge in [-0.1, -0.05) is 0 Å². The van der Waals surface area contributed by atoms with Gasteiger partial charge in [0.15, 0.2) is 0 Å². The second-order valence-corrected chi connectivity index (χ2v) is 5.55. The number of rotatable bonds is 5. The summed E-state index contributed by atoms with van der Waals surface area (Å²) in [7, 11) is 0. The first-order chi connectivity index (χ1) is 13.1. The van der Waals surface area contributed by atoms with Crippen LogP contribution in [0, 0.1) is 15.9 Å². The number of nitrogens with two attached hydrogens (primary N) is 1. The molecule has 0 aliphatic rings. The highest BCUT2D eigenvalue weighted by Gasteiger charge is 2.73. The summed E-state index contributed by atoms with van der Waals surface area (Å²) in [6, 6.07) is 1.88. The van der Waals surface area contributed by atoms with E-state index in [0.717, 1.165) is 12.1 Å². The van der Waals surface area contributed by atoms with Crippen LogP contribution in [0.3, 0.4) is 0 Å². The molecule has 156 valence electrons. The number of benzene rings is 1. The number of carbonyl (C=O) groups is 1. The molecule has 0 spiro atoms. The molecule has 0 atom stereocenters. The van der Waals surface area contributed by atoms with Crippen LogP contribution >= 0.6 is 0 Å². The zero-order valence-electron chi connectivity index (χ0n) is 13.6. The maximum absolute atomic E-state index is 14.2. The van der Waals surface area contributed by atoms with E-state index in [1.54, 1.807) is 0 Å². The number of amides is 1. The Bertz CT molecular complexity index is 991. The van der Waals surface area contributed by atoms with E-state index in [4.69, 9.17) is 5.73 Å². The Balaban J connectivity index is 2.61. The quantitative estimate of drug-likeness (QED) is 0.438. The van der Waals surface area contributed by atoms with E-state index in [-0.39, 0.29) is 12.3 Å². The van der Waals surface area contributed by atoms with Crippen LogP contribution in [0.1, 0.15) is 15.9 Å². The Labute approximate surface area is 155 Å². The maximum atomic E-state index is 14.2. The number of carbonyl (C=O) groups excluding carboxylic acids is 1. The number of alkyl halides is 7. The average molecular weight is 429 g/mol. The van der Waals surface area contributed by atoms with Crippen molar-refractivity contribution < 1.29 is 44.8 Å². The maximum Gasteiger partial charge on any atom is 0.460 e. The molecule has 14 heteroatoms. The Morgan fingerprint density at radius 3 is 2.10 bits per heavy atom. The van der Waals surface area contributed by atoms with Crippen LogP contribution in [0.25, 0.3) is 11.3 Å². The minimum absolute atomic E-state index is 0.135. The van der Waals surface area contributed by atoms with Crippen LogP contribution in [0.5, 0.6) is 0 Å². The van der Waals surface area contributed by atoms with Gasteiger partial charge in [0.05, 0.1) is 10.5 Å². The van der Waals surface area contributed by atoms with Gasteiger partial charge in [0, 0.05) is 29.5 Å². The van der Waals surface area contributed by atoms with Gasteiger partial charge in [0.1, 0.15) is 11.5 Å². The van der Waals surface area contributed by atoms with Gasteiger partial charge < -0.3 is 5.73 Å². The molecular formula is C15H7F8N3O3. The fourth-order valence-electron chi connectivity index (χ4n) is 2.22. The summed E-state index contributed by atoms with van der Waals surface area (Å²) in [6.07, 6.45) is -6.77. The summed E-state index contributed by atoms with van der Waals surface area (Å²) in [4.78, 5) is 24.4. The van der Waals surface area contributed by atoms with Crippen molar-refractivity contribution in [3.63, 3.8) is 0 Å². The first-order valence-corrected chi connectivity index (χ1v) is 7.18. The third-order valence-electron chi connectivity index (χ3n) is 3.69. The number of pyridine rings is 1. The van der Waals surface area contributed by atoms with Crippen molar-refractivity contribution in [1.82, 2.24) is 4.98 Å². The summed E-state index contributed by atoms with van der Waals surface area (Å²) in [5, 5.41) is 10.7. The van der Waals surface area contributed by atoms with Crippen molar-refractivity contribution in [2.45, 2.75) is 18.0 Å². The highest BCUT2D eigenvalue weighted by atomic mass is 19.4. The third kappa shape index (κ3) is 3.69. The number of hydrogen-bond acceptors (Lipinski definition) is 4. The number of nitro benzene ring substituents is 1. The predicted octanol–water partition coefficient (Wildman–Crippen LogP) is 4.18. The molecule has 1 aromatic carbocycles. The lowest BCUT2D eigenvalue weighted by Crippen LogP contribution is -2.50. The zero-order chi connectivity index (χ0) is 22.4. The van der Waals surface area contributed by atoms with Crippen molar-refractivity contribution in [3.8, 4) is 11.3 Å². The van der Waals surface area contributed by atoms with E-state index in [1.807, 2.05) is 0 Å². The normalized spacial score (nSPS) is 12.7. The van der Waals surface area contributed by atoms with Gasteiger partial charge in [-0.3, -0.25) is 19.9 Å². The van der Waals surface area contributed by atoms with Gasteiger partial charge in [-0.15, -0.1) is 0 Å². The molecule has 0 fully saturated rings. The molecule has 2 N–H and O–H groups in total. The minimum atomic E-state index is -6.64. The molecule has 6 nitrogen and oxygen atoms in total. The van der Waals surface area contributed by atoms with Gasteiger partial charge in [-0.05, 0) is 12.1 Å². The molecule has 1 amide bonds. The van der Waals surface area contributed by atoms with Gasteiger partial charge in [0.2, 0.25) is 5.91 Å². The monoisotopic (exact) mass is 429 g/mol. The minimum Gasteiger partial charge on any atom is -0.366 e. The van der Waals surface area contributed by atoms with E-state index < -0.39 is 62.7 Å². The Morgan fingerprint density at radius 1 is 1.07 bits per heavy atom. The molecule has 29 heavy (non-hydrogen) atoms.